The number of hydrogen-bond acceptors (Lipinski definition) is 3. The molecule has 0 spiro atoms. The Morgan fingerprint density at radius 3 is 2.33 bits per heavy atom. The molecular weight excluding hydrogens is 228 g/mol. The van der Waals surface area contributed by atoms with Gasteiger partial charge in [-0.15, -0.1) is 13.2 Å². The third-order valence-corrected chi connectivity index (χ3v) is 2.74. The van der Waals surface area contributed by atoms with E-state index < -0.39 is 12.2 Å². The molecule has 98 valence electrons. The summed E-state index contributed by atoms with van der Waals surface area (Å²) in [5, 5.41) is 10.3. The smallest absolute Gasteiger partial charge is 0.147 e. The first-order valence-corrected chi connectivity index (χ1v) is 5.83. The van der Waals surface area contributed by atoms with Crippen LogP contribution in [0.25, 0.3) is 0 Å². The van der Waals surface area contributed by atoms with Crippen molar-refractivity contribution in [1.29, 1.82) is 0 Å². The number of rotatable bonds is 8. The standard InChI is InChI=1S/C15H20O3/c1-4-12(5-2)14(16)15(18-11-17-3)13-9-7-6-8-10-13/h4-10,12,14-16H,1-2,11H2,3H3/t14-,15-/m1/s1. The molecule has 0 saturated heterocycles. The topological polar surface area (TPSA) is 38.7 Å². The summed E-state index contributed by atoms with van der Waals surface area (Å²) in [5.74, 6) is -0.230. The number of aliphatic hydroxyl groups is 1. The molecule has 1 rings (SSSR count). The lowest BCUT2D eigenvalue weighted by Gasteiger charge is -2.26. The average molecular weight is 248 g/mol. The SMILES string of the molecule is C=CC(C=C)[C@@H](O)[C@H](OCOC)c1ccccc1. The molecule has 2 atom stereocenters. The fourth-order valence-corrected chi connectivity index (χ4v) is 1.75. The summed E-state index contributed by atoms with van der Waals surface area (Å²) < 4.78 is 10.5. The van der Waals surface area contributed by atoms with E-state index in [4.69, 9.17) is 9.47 Å². The molecule has 18 heavy (non-hydrogen) atoms. The second-order valence-electron chi connectivity index (χ2n) is 3.94. The molecule has 0 heterocycles. The van der Waals surface area contributed by atoms with Crippen LogP contribution in [0.5, 0.6) is 0 Å². The van der Waals surface area contributed by atoms with E-state index in [9.17, 15) is 5.11 Å². The van der Waals surface area contributed by atoms with Crippen molar-refractivity contribution >= 4 is 0 Å². The second-order valence-corrected chi connectivity index (χ2v) is 3.94. The van der Waals surface area contributed by atoms with E-state index in [1.165, 1.54) is 0 Å². The first-order chi connectivity index (χ1) is 8.74. The fraction of sp³-hybridized carbons (Fsp3) is 0.333. The molecule has 0 aliphatic carbocycles. The molecule has 0 aliphatic rings. The van der Waals surface area contributed by atoms with Gasteiger partial charge in [-0.2, -0.15) is 0 Å². The van der Waals surface area contributed by atoms with Gasteiger partial charge in [-0.3, -0.25) is 0 Å². The predicted octanol–water partition coefficient (Wildman–Crippen LogP) is 2.70. The average Bonchev–Trinajstić information content (AvgIpc) is 2.42. The van der Waals surface area contributed by atoms with Crippen LogP contribution >= 0.6 is 0 Å². The van der Waals surface area contributed by atoms with Crippen LogP contribution in [0.2, 0.25) is 0 Å². The van der Waals surface area contributed by atoms with Gasteiger partial charge in [0.15, 0.2) is 0 Å². The van der Waals surface area contributed by atoms with E-state index in [-0.39, 0.29) is 12.7 Å². The quantitative estimate of drug-likeness (QED) is 0.568. The predicted molar refractivity (Wildman–Crippen MR) is 72.0 cm³/mol. The van der Waals surface area contributed by atoms with Crippen LogP contribution in [0.4, 0.5) is 0 Å². The van der Waals surface area contributed by atoms with Crippen molar-refractivity contribution < 1.29 is 14.6 Å². The molecule has 1 N–H and O–H groups in total. The van der Waals surface area contributed by atoms with Gasteiger partial charge in [-0.1, -0.05) is 42.5 Å². The van der Waals surface area contributed by atoms with E-state index in [0.29, 0.717) is 0 Å². The van der Waals surface area contributed by atoms with E-state index in [2.05, 4.69) is 13.2 Å². The number of ether oxygens (including phenoxy) is 2. The summed E-state index contributed by atoms with van der Waals surface area (Å²) in [6.45, 7) is 7.51. The summed E-state index contributed by atoms with van der Waals surface area (Å²) in [5.41, 5.74) is 0.899. The number of methoxy groups -OCH3 is 1. The monoisotopic (exact) mass is 248 g/mol. The molecule has 0 aromatic heterocycles. The molecule has 3 heteroatoms. The lowest BCUT2D eigenvalue weighted by atomic mass is 9.93. The Hall–Kier alpha value is -1.42. The van der Waals surface area contributed by atoms with Crippen molar-refractivity contribution in [1.82, 2.24) is 0 Å². The fourth-order valence-electron chi connectivity index (χ4n) is 1.75. The lowest BCUT2D eigenvalue weighted by molar-refractivity contribution is -0.119. The van der Waals surface area contributed by atoms with Crippen LogP contribution in [0.3, 0.4) is 0 Å². The molecule has 0 radical (unpaired) electrons. The van der Waals surface area contributed by atoms with Gasteiger partial charge >= 0.3 is 0 Å². The minimum atomic E-state index is -0.738. The molecule has 1 aromatic rings. The largest absolute Gasteiger partial charge is 0.389 e. The Morgan fingerprint density at radius 2 is 1.83 bits per heavy atom. The second kappa shape index (κ2) is 7.82. The summed E-state index contributed by atoms with van der Waals surface area (Å²) in [4.78, 5) is 0. The van der Waals surface area contributed by atoms with Gasteiger partial charge in [0, 0.05) is 13.0 Å². The highest BCUT2D eigenvalue weighted by molar-refractivity contribution is 5.20. The van der Waals surface area contributed by atoms with E-state index in [0.717, 1.165) is 5.56 Å². The maximum atomic E-state index is 10.3. The highest BCUT2D eigenvalue weighted by Crippen LogP contribution is 2.26. The molecule has 0 fully saturated rings. The van der Waals surface area contributed by atoms with Crippen LogP contribution < -0.4 is 0 Å². The first-order valence-electron chi connectivity index (χ1n) is 5.83. The Bertz CT molecular complexity index is 353. The summed E-state index contributed by atoms with van der Waals surface area (Å²) in [6.07, 6.45) is 2.11. The minimum absolute atomic E-state index is 0.123. The van der Waals surface area contributed by atoms with Crippen LogP contribution in [0.15, 0.2) is 55.6 Å². The van der Waals surface area contributed by atoms with Gasteiger partial charge in [0.05, 0.1) is 6.10 Å². The number of aliphatic hydroxyl groups excluding tert-OH is 1. The van der Waals surface area contributed by atoms with Crippen molar-refractivity contribution in [3.8, 4) is 0 Å². The maximum Gasteiger partial charge on any atom is 0.147 e. The van der Waals surface area contributed by atoms with Gasteiger partial charge in [-0.05, 0) is 5.56 Å². The molecule has 0 bridgehead atoms. The Labute approximate surface area is 108 Å². The number of benzene rings is 1. The molecular formula is C15H20O3. The highest BCUT2D eigenvalue weighted by atomic mass is 16.7. The summed E-state index contributed by atoms with van der Waals surface area (Å²) >= 11 is 0. The van der Waals surface area contributed by atoms with Gasteiger partial charge in [-0.25, -0.2) is 0 Å². The van der Waals surface area contributed by atoms with E-state index in [1.54, 1.807) is 19.3 Å². The van der Waals surface area contributed by atoms with Crippen molar-refractivity contribution in [2.24, 2.45) is 5.92 Å². The van der Waals surface area contributed by atoms with Crippen LogP contribution in [-0.4, -0.2) is 25.1 Å². The third-order valence-electron chi connectivity index (χ3n) is 2.74. The molecule has 3 nitrogen and oxygen atoms in total. The van der Waals surface area contributed by atoms with Crippen LogP contribution in [0.1, 0.15) is 11.7 Å². The van der Waals surface area contributed by atoms with Gasteiger partial charge in [0.25, 0.3) is 0 Å². The van der Waals surface area contributed by atoms with Crippen molar-refractivity contribution in [2.75, 3.05) is 13.9 Å². The molecule has 0 aliphatic heterocycles. The van der Waals surface area contributed by atoms with Crippen molar-refractivity contribution in [2.45, 2.75) is 12.2 Å². The Balaban J connectivity index is 2.90. The molecule has 0 saturated carbocycles. The van der Waals surface area contributed by atoms with E-state index >= 15 is 0 Å². The van der Waals surface area contributed by atoms with Crippen molar-refractivity contribution in [3.63, 3.8) is 0 Å². The van der Waals surface area contributed by atoms with E-state index in [1.807, 2.05) is 30.3 Å². The summed E-state index contributed by atoms with van der Waals surface area (Å²) in [7, 11) is 1.55. The zero-order valence-electron chi connectivity index (χ0n) is 10.7. The van der Waals surface area contributed by atoms with Gasteiger partial charge < -0.3 is 14.6 Å². The molecule has 0 amide bonds. The summed E-state index contributed by atoms with van der Waals surface area (Å²) in [6, 6.07) is 9.55. The first kappa shape index (κ1) is 14.6. The zero-order chi connectivity index (χ0) is 13.4. The Kier molecular flexibility index (Phi) is 6.36. The number of hydrogen-bond donors (Lipinski definition) is 1. The van der Waals surface area contributed by atoms with Gasteiger partial charge in [0.2, 0.25) is 0 Å². The maximum absolute atomic E-state index is 10.3. The van der Waals surface area contributed by atoms with Crippen LogP contribution in [-0.2, 0) is 9.47 Å². The normalized spacial score (nSPS) is 14.2. The Morgan fingerprint density at radius 1 is 1.22 bits per heavy atom. The van der Waals surface area contributed by atoms with Crippen LogP contribution in [0, 0.1) is 5.92 Å². The molecule has 1 aromatic carbocycles. The lowest BCUT2D eigenvalue weighted by Crippen LogP contribution is -2.28. The zero-order valence-corrected chi connectivity index (χ0v) is 10.7. The third kappa shape index (κ3) is 3.81. The van der Waals surface area contributed by atoms with Gasteiger partial charge in [0.1, 0.15) is 12.9 Å². The highest BCUT2D eigenvalue weighted by Gasteiger charge is 2.26. The van der Waals surface area contributed by atoms with Crippen molar-refractivity contribution in [3.05, 3.63) is 61.2 Å². The minimum Gasteiger partial charge on any atom is -0.389 e. The molecule has 0 unspecified atom stereocenters.